The molecule has 1 aliphatic heterocycles. The molecular weight excluding hydrogens is 330 g/mol. The molecule has 0 fully saturated rings. The lowest BCUT2D eigenvalue weighted by molar-refractivity contribution is 0.0707. The van der Waals surface area contributed by atoms with E-state index < -0.39 is 0 Å². The van der Waals surface area contributed by atoms with Crippen LogP contribution in [0, 0.1) is 0 Å². The van der Waals surface area contributed by atoms with Gasteiger partial charge >= 0.3 is 0 Å². The largest absolute Gasteiger partial charge is 0.345 e. The van der Waals surface area contributed by atoms with E-state index in [2.05, 4.69) is 15.3 Å². The van der Waals surface area contributed by atoms with E-state index in [4.69, 9.17) is 0 Å². The second-order valence-electron chi connectivity index (χ2n) is 6.21. The lowest BCUT2D eigenvalue weighted by Crippen LogP contribution is -2.40. The number of nitrogens with one attached hydrogen (secondary N) is 1. The molecule has 7 nitrogen and oxygen atoms in total. The molecule has 1 aromatic carbocycles. The highest BCUT2D eigenvalue weighted by molar-refractivity contribution is 5.95. The minimum Gasteiger partial charge on any atom is -0.345 e. The SMILES string of the molecule is CCN1CCn2cc(CNC(=O)c3ccc4ccccc4n3)nc2C1=O. The van der Waals surface area contributed by atoms with Crippen molar-refractivity contribution in [1.82, 2.24) is 24.8 Å². The van der Waals surface area contributed by atoms with Crippen molar-refractivity contribution in [2.24, 2.45) is 0 Å². The fourth-order valence-corrected chi connectivity index (χ4v) is 3.12. The van der Waals surface area contributed by atoms with E-state index in [1.807, 2.05) is 48.0 Å². The number of hydrogen-bond acceptors (Lipinski definition) is 4. The number of pyridine rings is 1. The average Bonchev–Trinajstić information content (AvgIpc) is 3.10. The standard InChI is InChI=1S/C19H19N5O2/c1-2-23-9-10-24-12-14(21-17(24)19(23)26)11-20-18(25)16-8-7-13-5-3-4-6-15(13)22-16/h3-8,12H,2,9-11H2,1H3,(H,20,25). The molecule has 26 heavy (non-hydrogen) atoms. The number of likely N-dealkylation sites (N-methyl/N-ethyl adjacent to an activating group) is 1. The number of para-hydroxylation sites is 1. The number of carbonyl (C=O) groups excluding carboxylic acids is 2. The molecule has 0 bridgehead atoms. The fraction of sp³-hybridized carbons (Fsp3) is 0.263. The van der Waals surface area contributed by atoms with Gasteiger partial charge in [-0.2, -0.15) is 0 Å². The maximum atomic E-state index is 12.4. The zero-order valence-corrected chi connectivity index (χ0v) is 14.5. The van der Waals surface area contributed by atoms with Gasteiger partial charge in [0.2, 0.25) is 0 Å². The minimum atomic E-state index is -0.261. The van der Waals surface area contributed by atoms with Gasteiger partial charge < -0.3 is 14.8 Å². The highest BCUT2D eigenvalue weighted by atomic mass is 16.2. The van der Waals surface area contributed by atoms with Crippen molar-refractivity contribution in [2.45, 2.75) is 20.0 Å². The Bertz CT molecular complexity index is 995. The van der Waals surface area contributed by atoms with Gasteiger partial charge in [-0.1, -0.05) is 24.3 Å². The molecule has 1 N–H and O–H groups in total. The first-order valence-corrected chi connectivity index (χ1v) is 8.65. The highest BCUT2D eigenvalue weighted by Crippen LogP contribution is 2.14. The molecular formula is C19H19N5O2. The van der Waals surface area contributed by atoms with Crippen LogP contribution < -0.4 is 5.32 Å². The molecule has 0 unspecified atom stereocenters. The predicted molar refractivity (Wildman–Crippen MR) is 96.7 cm³/mol. The Kier molecular flexibility index (Phi) is 4.12. The Balaban J connectivity index is 1.47. The van der Waals surface area contributed by atoms with Crippen molar-refractivity contribution in [1.29, 1.82) is 0 Å². The third-order valence-electron chi connectivity index (χ3n) is 4.56. The van der Waals surface area contributed by atoms with Gasteiger partial charge in [0.1, 0.15) is 5.69 Å². The maximum absolute atomic E-state index is 12.4. The van der Waals surface area contributed by atoms with Gasteiger partial charge in [-0.05, 0) is 19.1 Å². The molecule has 0 radical (unpaired) electrons. The van der Waals surface area contributed by atoms with Gasteiger partial charge in [0, 0.05) is 31.2 Å². The van der Waals surface area contributed by atoms with Crippen LogP contribution >= 0.6 is 0 Å². The Morgan fingerprint density at radius 1 is 1.15 bits per heavy atom. The number of rotatable bonds is 4. The highest BCUT2D eigenvalue weighted by Gasteiger charge is 2.25. The van der Waals surface area contributed by atoms with Crippen LogP contribution in [-0.2, 0) is 13.1 Å². The lowest BCUT2D eigenvalue weighted by atomic mass is 10.2. The molecule has 0 spiro atoms. The third kappa shape index (κ3) is 2.92. The summed E-state index contributed by atoms with van der Waals surface area (Å²) in [6.07, 6.45) is 1.83. The topological polar surface area (TPSA) is 80.1 Å². The molecule has 4 rings (SSSR count). The summed E-state index contributed by atoms with van der Waals surface area (Å²) in [6.45, 7) is 4.29. The Hall–Kier alpha value is -3.22. The summed E-state index contributed by atoms with van der Waals surface area (Å²) < 4.78 is 1.85. The molecule has 2 aromatic heterocycles. The van der Waals surface area contributed by atoms with E-state index in [-0.39, 0.29) is 18.4 Å². The van der Waals surface area contributed by atoms with Crippen LogP contribution in [0.2, 0.25) is 0 Å². The van der Waals surface area contributed by atoms with Crippen LogP contribution in [0.3, 0.4) is 0 Å². The Morgan fingerprint density at radius 2 is 2.00 bits per heavy atom. The molecule has 132 valence electrons. The van der Waals surface area contributed by atoms with Crippen LogP contribution in [-0.4, -0.2) is 44.3 Å². The number of fused-ring (bicyclic) bond motifs is 2. The molecule has 0 saturated carbocycles. The number of amides is 2. The second-order valence-corrected chi connectivity index (χ2v) is 6.21. The quantitative estimate of drug-likeness (QED) is 0.779. The number of benzene rings is 1. The van der Waals surface area contributed by atoms with Gasteiger partial charge in [-0.3, -0.25) is 9.59 Å². The minimum absolute atomic E-state index is 0.0625. The van der Waals surface area contributed by atoms with E-state index >= 15 is 0 Å². The van der Waals surface area contributed by atoms with Gasteiger partial charge in [-0.15, -0.1) is 0 Å². The Labute approximate surface area is 150 Å². The van der Waals surface area contributed by atoms with Crippen LogP contribution in [0.5, 0.6) is 0 Å². The molecule has 1 aliphatic rings. The second kappa shape index (κ2) is 6.59. The van der Waals surface area contributed by atoms with E-state index in [9.17, 15) is 9.59 Å². The molecule has 0 saturated heterocycles. The number of hydrogen-bond donors (Lipinski definition) is 1. The zero-order chi connectivity index (χ0) is 18.1. The Morgan fingerprint density at radius 3 is 2.85 bits per heavy atom. The number of carbonyl (C=O) groups is 2. The van der Waals surface area contributed by atoms with Crippen LogP contribution in [0.25, 0.3) is 10.9 Å². The van der Waals surface area contributed by atoms with Crippen LogP contribution in [0.15, 0.2) is 42.6 Å². The van der Waals surface area contributed by atoms with Crippen molar-refractivity contribution in [3.05, 3.63) is 59.8 Å². The molecule has 2 amide bonds. The lowest BCUT2D eigenvalue weighted by Gasteiger charge is -2.25. The first-order chi connectivity index (χ1) is 12.7. The summed E-state index contributed by atoms with van der Waals surface area (Å²) in [4.78, 5) is 35.2. The summed E-state index contributed by atoms with van der Waals surface area (Å²) >= 11 is 0. The number of aromatic nitrogens is 3. The van der Waals surface area contributed by atoms with E-state index in [0.29, 0.717) is 30.3 Å². The summed E-state index contributed by atoms with van der Waals surface area (Å²) in [5.74, 6) is 0.113. The van der Waals surface area contributed by atoms with Gasteiger partial charge in [0.05, 0.1) is 17.8 Å². The molecule has 0 aliphatic carbocycles. The first kappa shape index (κ1) is 16.3. The number of imidazole rings is 1. The van der Waals surface area contributed by atoms with E-state index in [1.165, 1.54) is 0 Å². The monoisotopic (exact) mass is 349 g/mol. The summed E-state index contributed by atoms with van der Waals surface area (Å²) in [7, 11) is 0. The van der Waals surface area contributed by atoms with Crippen molar-refractivity contribution in [2.75, 3.05) is 13.1 Å². The molecule has 0 atom stereocenters. The molecule has 3 heterocycles. The van der Waals surface area contributed by atoms with Crippen LogP contribution in [0.1, 0.15) is 33.7 Å². The summed E-state index contributed by atoms with van der Waals surface area (Å²) in [5.41, 5.74) is 1.81. The maximum Gasteiger partial charge on any atom is 0.289 e. The average molecular weight is 349 g/mol. The van der Waals surface area contributed by atoms with E-state index in [0.717, 1.165) is 17.4 Å². The zero-order valence-electron chi connectivity index (χ0n) is 14.5. The van der Waals surface area contributed by atoms with Crippen molar-refractivity contribution < 1.29 is 9.59 Å². The smallest absolute Gasteiger partial charge is 0.289 e. The van der Waals surface area contributed by atoms with E-state index in [1.54, 1.807) is 11.0 Å². The molecule has 3 aromatic rings. The third-order valence-corrected chi connectivity index (χ3v) is 4.56. The summed E-state index contributed by atoms with van der Waals surface area (Å²) in [6, 6.07) is 11.2. The van der Waals surface area contributed by atoms with Crippen LogP contribution in [0.4, 0.5) is 0 Å². The van der Waals surface area contributed by atoms with Gasteiger partial charge in [0.15, 0.2) is 5.82 Å². The van der Waals surface area contributed by atoms with Gasteiger partial charge in [-0.25, -0.2) is 9.97 Å². The predicted octanol–water partition coefficient (Wildman–Crippen LogP) is 1.84. The first-order valence-electron chi connectivity index (χ1n) is 8.65. The van der Waals surface area contributed by atoms with Crippen molar-refractivity contribution in [3.8, 4) is 0 Å². The van der Waals surface area contributed by atoms with Crippen molar-refractivity contribution >= 4 is 22.7 Å². The number of nitrogens with zero attached hydrogens (tertiary/aromatic N) is 4. The van der Waals surface area contributed by atoms with Gasteiger partial charge in [0.25, 0.3) is 11.8 Å². The van der Waals surface area contributed by atoms with Crippen molar-refractivity contribution in [3.63, 3.8) is 0 Å². The fourth-order valence-electron chi connectivity index (χ4n) is 3.12. The normalized spacial score (nSPS) is 13.7. The summed E-state index contributed by atoms with van der Waals surface area (Å²) in [5, 5.41) is 3.82. The molecule has 7 heteroatoms.